The van der Waals surface area contributed by atoms with Gasteiger partial charge in [-0.05, 0) is 43.5 Å². The molecule has 2 N–H and O–H groups in total. The van der Waals surface area contributed by atoms with Gasteiger partial charge in [-0.1, -0.05) is 30.3 Å². The van der Waals surface area contributed by atoms with Gasteiger partial charge >= 0.3 is 0 Å². The number of hydrogen-bond donors (Lipinski definition) is 2. The summed E-state index contributed by atoms with van der Waals surface area (Å²) in [7, 11) is 0. The number of hydrogen-bond acceptors (Lipinski definition) is 2. The van der Waals surface area contributed by atoms with Gasteiger partial charge in [-0.25, -0.2) is 0 Å². The third kappa shape index (κ3) is 3.38. The lowest BCUT2D eigenvalue weighted by atomic mass is 10.0. The highest BCUT2D eigenvalue weighted by Gasteiger charge is 2.08. The summed E-state index contributed by atoms with van der Waals surface area (Å²) < 4.78 is 0. The van der Waals surface area contributed by atoms with E-state index < -0.39 is 0 Å². The molecule has 104 valence electrons. The van der Waals surface area contributed by atoms with E-state index in [0.29, 0.717) is 17.7 Å². The molecule has 20 heavy (non-hydrogen) atoms. The van der Waals surface area contributed by atoms with Gasteiger partial charge in [-0.3, -0.25) is 4.79 Å². The Labute approximate surface area is 119 Å². The first-order chi connectivity index (χ1) is 9.58. The Balaban J connectivity index is 1.96. The Morgan fingerprint density at radius 3 is 2.60 bits per heavy atom. The molecule has 1 amide bonds. The molecular weight excluding hydrogens is 250 g/mol. The van der Waals surface area contributed by atoms with Crippen LogP contribution in [0.2, 0.25) is 0 Å². The van der Waals surface area contributed by atoms with Crippen molar-refractivity contribution in [2.45, 2.75) is 26.7 Å². The first kappa shape index (κ1) is 14.1. The number of phenols is 1. The lowest BCUT2D eigenvalue weighted by molar-refractivity contribution is -0.116. The fourth-order valence-electron chi connectivity index (χ4n) is 2.11. The minimum atomic E-state index is -0.0399. The third-order valence-electron chi connectivity index (χ3n) is 3.46. The van der Waals surface area contributed by atoms with Crippen molar-refractivity contribution >= 4 is 11.6 Å². The minimum Gasteiger partial charge on any atom is -0.508 e. The number of carbonyl (C=O) groups excluding carboxylic acids is 1. The van der Waals surface area contributed by atoms with Crippen molar-refractivity contribution in [1.82, 2.24) is 0 Å². The number of phenolic OH excluding ortho intramolecular Hbond substituents is 1. The Hall–Kier alpha value is -2.29. The average Bonchev–Trinajstić information content (AvgIpc) is 2.43. The molecule has 0 aromatic heterocycles. The normalized spacial score (nSPS) is 10.3. The molecule has 0 unspecified atom stereocenters. The summed E-state index contributed by atoms with van der Waals surface area (Å²) in [4.78, 5) is 12.0. The number of nitrogens with one attached hydrogen (secondary N) is 1. The molecule has 0 heterocycles. The van der Waals surface area contributed by atoms with Crippen LogP contribution in [0, 0.1) is 13.8 Å². The smallest absolute Gasteiger partial charge is 0.224 e. The standard InChI is InChI=1S/C17H19NO2/c1-12-6-3-4-7-14(12)10-11-17(20)18-15-8-5-9-16(19)13(15)2/h3-9,19H,10-11H2,1-2H3,(H,18,20). The summed E-state index contributed by atoms with van der Waals surface area (Å²) in [5.74, 6) is 0.156. The van der Waals surface area contributed by atoms with E-state index in [4.69, 9.17) is 0 Å². The van der Waals surface area contributed by atoms with Crippen LogP contribution in [0.25, 0.3) is 0 Å². The number of carbonyl (C=O) groups is 1. The van der Waals surface area contributed by atoms with E-state index in [9.17, 15) is 9.90 Å². The Morgan fingerprint density at radius 1 is 1.10 bits per heavy atom. The molecule has 0 saturated carbocycles. The maximum Gasteiger partial charge on any atom is 0.224 e. The maximum absolute atomic E-state index is 12.0. The van der Waals surface area contributed by atoms with Gasteiger partial charge in [-0.15, -0.1) is 0 Å². The average molecular weight is 269 g/mol. The molecule has 0 aliphatic carbocycles. The van der Waals surface area contributed by atoms with Gasteiger partial charge in [0.05, 0.1) is 0 Å². The zero-order valence-electron chi connectivity index (χ0n) is 11.8. The molecule has 0 aliphatic rings. The minimum absolute atomic E-state index is 0.0399. The van der Waals surface area contributed by atoms with Gasteiger partial charge in [0.25, 0.3) is 0 Å². The topological polar surface area (TPSA) is 49.3 Å². The molecule has 3 nitrogen and oxygen atoms in total. The number of rotatable bonds is 4. The highest BCUT2D eigenvalue weighted by Crippen LogP contribution is 2.24. The molecule has 2 aromatic rings. The molecule has 0 bridgehead atoms. The fraction of sp³-hybridized carbons (Fsp3) is 0.235. The van der Waals surface area contributed by atoms with E-state index in [1.807, 2.05) is 31.2 Å². The largest absolute Gasteiger partial charge is 0.508 e. The van der Waals surface area contributed by atoms with Gasteiger partial charge in [0.2, 0.25) is 5.91 Å². The number of amides is 1. The van der Waals surface area contributed by atoms with Crippen LogP contribution in [0.1, 0.15) is 23.1 Å². The van der Waals surface area contributed by atoms with E-state index in [2.05, 4.69) is 5.32 Å². The summed E-state index contributed by atoms with van der Waals surface area (Å²) in [5, 5.41) is 12.4. The van der Waals surface area contributed by atoms with Crippen molar-refractivity contribution in [2.24, 2.45) is 0 Å². The third-order valence-corrected chi connectivity index (χ3v) is 3.46. The highest BCUT2D eigenvalue weighted by molar-refractivity contribution is 5.92. The van der Waals surface area contributed by atoms with Crippen LogP contribution in [-0.4, -0.2) is 11.0 Å². The summed E-state index contributed by atoms with van der Waals surface area (Å²) in [6.45, 7) is 3.83. The summed E-state index contributed by atoms with van der Waals surface area (Å²) in [6.07, 6.45) is 1.15. The number of aryl methyl sites for hydroxylation is 2. The van der Waals surface area contributed by atoms with Crippen LogP contribution in [0.4, 0.5) is 5.69 Å². The molecule has 0 saturated heterocycles. The van der Waals surface area contributed by atoms with Crippen LogP contribution < -0.4 is 5.32 Å². The van der Waals surface area contributed by atoms with Crippen LogP contribution in [0.15, 0.2) is 42.5 Å². The SMILES string of the molecule is Cc1ccccc1CCC(=O)Nc1cccc(O)c1C. The van der Waals surface area contributed by atoms with Crippen molar-refractivity contribution in [1.29, 1.82) is 0 Å². The van der Waals surface area contributed by atoms with E-state index in [0.717, 1.165) is 6.42 Å². The molecule has 0 fully saturated rings. The van der Waals surface area contributed by atoms with E-state index in [1.165, 1.54) is 11.1 Å². The van der Waals surface area contributed by atoms with Gasteiger partial charge in [0.1, 0.15) is 5.75 Å². The molecule has 0 radical (unpaired) electrons. The van der Waals surface area contributed by atoms with Gasteiger partial charge in [0.15, 0.2) is 0 Å². The number of anilines is 1. The van der Waals surface area contributed by atoms with Gasteiger partial charge in [-0.2, -0.15) is 0 Å². The second-order valence-electron chi connectivity index (χ2n) is 4.92. The van der Waals surface area contributed by atoms with Gasteiger partial charge < -0.3 is 10.4 Å². The van der Waals surface area contributed by atoms with Gasteiger partial charge in [0, 0.05) is 17.7 Å². The quantitative estimate of drug-likeness (QED) is 0.891. The lowest BCUT2D eigenvalue weighted by Crippen LogP contribution is -2.13. The molecule has 3 heteroatoms. The molecule has 2 aromatic carbocycles. The monoisotopic (exact) mass is 269 g/mol. The summed E-state index contributed by atoms with van der Waals surface area (Å²) in [5.41, 5.74) is 3.75. The van der Waals surface area contributed by atoms with Crippen LogP contribution >= 0.6 is 0 Å². The molecule has 0 atom stereocenters. The van der Waals surface area contributed by atoms with Crippen molar-refractivity contribution in [3.05, 3.63) is 59.2 Å². The first-order valence-electron chi connectivity index (χ1n) is 6.71. The maximum atomic E-state index is 12.0. The second-order valence-corrected chi connectivity index (χ2v) is 4.92. The zero-order chi connectivity index (χ0) is 14.5. The van der Waals surface area contributed by atoms with Crippen molar-refractivity contribution in [3.8, 4) is 5.75 Å². The van der Waals surface area contributed by atoms with E-state index in [-0.39, 0.29) is 11.7 Å². The Morgan fingerprint density at radius 2 is 1.85 bits per heavy atom. The Bertz CT molecular complexity index is 620. The number of benzene rings is 2. The molecular formula is C17H19NO2. The molecule has 0 spiro atoms. The fourth-order valence-corrected chi connectivity index (χ4v) is 2.11. The van der Waals surface area contributed by atoms with Crippen molar-refractivity contribution in [2.75, 3.05) is 5.32 Å². The predicted molar refractivity (Wildman–Crippen MR) is 81.0 cm³/mol. The number of aromatic hydroxyl groups is 1. The van der Waals surface area contributed by atoms with Crippen molar-refractivity contribution in [3.63, 3.8) is 0 Å². The Kier molecular flexibility index (Phi) is 4.41. The first-order valence-corrected chi connectivity index (χ1v) is 6.71. The summed E-state index contributed by atoms with van der Waals surface area (Å²) in [6, 6.07) is 13.2. The molecule has 0 aliphatic heterocycles. The highest BCUT2D eigenvalue weighted by atomic mass is 16.3. The molecule has 2 rings (SSSR count). The van der Waals surface area contributed by atoms with Crippen LogP contribution in [0.3, 0.4) is 0 Å². The predicted octanol–water partition coefficient (Wildman–Crippen LogP) is 3.58. The zero-order valence-corrected chi connectivity index (χ0v) is 11.8. The summed E-state index contributed by atoms with van der Waals surface area (Å²) >= 11 is 0. The van der Waals surface area contributed by atoms with E-state index in [1.54, 1.807) is 25.1 Å². The van der Waals surface area contributed by atoms with E-state index >= 15 is 0 Å². The second kappa shape index (κ2) is 6.24. The van der Waals surface area contributed by atoms with Crippen LogP contribution in [-0.2, 0) is 11.2 Å². The van der Waals surface area contributed by atoms with Crippen LogP contribution in [0.5, 0.6) is 5.75 Å². The lowest BCUT2D eigenvalue weighted by Gasteiger charge is -2.10. The van der Waals surface area contributed by atoms with Crippen molar-refractivity contribution < 1.29 is 9.90 Å².